The highest BCUT2D eigenvalue weighted by molar-refractivity contribution is 5.38. The molecule has 0 saturated carbocycles. The van der Waals surface area contributed by atoms with E-state index in [0.717, 1.165) is 25.4 Å². The number of likely N-dealkylation sites (tertiary alicyclic amines) is 1. The smallest absolute Gasteiger partial charge is 0.123 e. The fourth-order valence-electron chi connectivity index (χ4n) is 2.67. The molecule has 18 heavy (non-hydrogen) atoms. The molecule has 0 amide bonds. The molecule has 0 aliphatic carbocycles. The summed E-state index contributed by atoms with van der Waals surface area (Å²) in [4.78, 5) is 2.44. The van der Waals surface area contributed by atoms with Crippen molar-refractivity contribution in [3.63, 3.8) is 0 Å². The highest BCUT2D eigenvalue weighted by Gasteiger charge is 2.32. The summed E-state index contributed by atoms with van der Waals surface area (Å²) in [6.07, 6.45) is 0. The Morgan fingerprint density at radius 1 is 1.33 bits per heavy atom. The van der Waals surface area contributed by atoms with E-state index in [1.807, 2.05) is 12.1 Å². The molecule has 3 heteroatoms. The number of nitrogens with one attached hydrogen (secondary N) is 1. The zero-order chi connectivity index (χ0) is 13.2. The maximum absolute atomic E-state index is 5.46. The van der Waals surface area contributed by atoms with Crippen LogP contribution in [0.25, 0.3) is 0 Å². The first kappa shape index (κ1) is 13.4. The van der Waals surface area contributed by atoms with Crippen LogP contribution in [-0.2, 0) is 5.54 Å². The van der Waals surface area contributed by atoms with Crippen molar-refractivity contribution in [1.82, 2.24) is 10.2 Å². The van der Waals surface area contributed by atoms with Crippen molar-refractivity contribution in [2.45, 2.75) is 32.4 Å². The van der Waals surface area contributed by atoms with Crippen LogP contribution in [0.2, 0.25) is 0 Å². The summed E-state index contributed by atoms with van der Waals surface area (Å²) in [6, 6.07) is 8.84. The normalized spacial score (nSPS) is 17.6. The van der Waals surface area contributed by atoms with Crippen molar-refractivity contribution in [3.8, 4) is 5.75 Å². The minimum atomic E-state index is -0.0584. The van der Waals surface area contributed by atoms with Crippen molar-refractivity contribution in [2.75, 3.05) is 26.7 Å². The summed E-state index contributed by atoms with van der Waals surface area (Å²) in [7, 11) is 1.73. The summed E-state index contributed by atoms with van der Waals surface area (Å²) in [6.45, 7) is 10.1. The molecule has 0 atom stereocenters. The molecule has 1 heterocycles. The van der Waals surface area contributed by atoms with Gasteiger partial charge in [0.05, 0.1) is 7.11 Å². The molecule has 1 aromatic carbocycles. The SMILES string of the molecule is CCN1CC(NC(C)(C)c2ccccc2OC)C1. The molecular weight excluding hydrogens is 224 g/mol. The van der Waals surface area contributed by atoms with Gasteiger partial charge in [0.15, 0.2) is 0 Å². The second-order valence-electron chi connectivity index (χ2n) is 5.52. The number of para-hydroxylation sites is 1. The number of hydrogen-bond acceptors (Lipinski definition) is 3. The van der Waals surface area contributed by atoms with Gasteiger partial charge < -0.3 is 15.0 Å². The van der Waals surface area contributed by atoms with Crippen LogP contribution >= 0.6 is 0 Å². The molecule has 1 aromatic rings. The highest BCUT2D eigenvalue weighted by Crippen LogP contribution is 2.30. The van der Waals surface area contributed by atoms with Crippen LogP contribution in [0.5, 0.6) is 5.75 Å². The van der Waals surface area contributed by atoms with Crippen molar-refractivity contribution >= 4 is 0 Å². The lowest BCUT2D eigenvalue weighted by Gasteiger charge is -2.44. The number of nitrogens with zero attached hydrogens (tertiary/aromatic N) is 1. The molecule has 1 fully saturated rings. The summed E-state index contributed by atoms with van der Waals surface area (Å²) in [5, 5.41) is 3.73. The molecular formula is C15H24N2O. The maximum Gasteiger partial charge on any atom is 0.123 e. The minimum Gasteiger partial charge on any atom is -0.496 e. The Kier molecular flexibility index (Phi) is 3.93. The fraction of sp³-hybridized carbons (Fsp3) is 0.600. The van der Waals surface area contributed by atoms with Gasteiger partial charge in [0.1, 0.15) is 5.75 Å². The second-order valence-corrected chi connectivity index (χ2v) is 5.52. The van der Waals surface area contributed by atoms with Crippen molar-refractivity contribution in [3.05, 3.63) is 29.8 Å². The molecule has 1 aliphatic rings. The number of ether oxygens (including phenoxy) is 1. The van der Waals surface area contributed by atoms with Crippen LogP contribution in [0.4, 0.5) is 0 Å². The van der Waals surface area contributed by atoms with Gasteiger partial charge >= 0.3 is 0 Å². The lowest BCUT2D eigenvalue weighted by Crippen LogP contribution is -2.61. The predicted octanol–water partition coefficient (Wildman–Crippen LogP) is 2.22. The average molecular weight is 248 g/mol. The van der Waals surface area contributed by atoms with Gasteiger partial charge in [-0.25, -0.2) is 0 Å². The monoisotopic (exact) mass is 248 g/mol. The number of likely N-dealkylation sites (N-methyl/N-ethyl adjacent to an activating group) is 1. The molecule has 0 spiro atoms. The molecule has 1 aliphatic heterocycles. The largest absolute Gasteiger partial charge is 0.496 e. The van der Waals surface area contributed by atoms with Crippen molar-refractivity contribution in [1.29, 1.82) is 0 Å². The molecule has 0 radical (unpaired) electrons. The van der Waals surface area contributed by atoms with Crippen LogP contribution < -0.4 is 10.1 Å². The Bertz CT molecular complexity index is 397. The number of methoxy groups -OCH3 is 1. The maximum atomic E-state index is 5.46. The lowest BCUT2D eigenvalue weighted by molar-refractivity contribution is 0.110. The van der Waals surface area contributed by atoms with Crippen LogP contribution in [0.3, 0.4) is 0 Å². The van der Waals surface area contributed by atoms with Crippen molar-refractivity contribution in [2.24, 2.45) is 0 Å². The van der Waals surface area contributed by atoms with Gasteiger partial charge in [-0.3, -0.25) is 0 Å². The molecule has 2 rings (SSSR count). The highest BCUT2D eigenvalue weighted by atomic mass is 16.5. The predicted molar refractivity (Wildman–Crippen MR) is 75.1 cm³/mol. The van der Waals surface area contributed by atoms with Gasteiger partial charge in [-0.1, -0.05) is 25.1 Å². The fourth-order valence-corrected chi connectivity index (χ4v) is 2.67. The third-order valence-electron chi connectivity index (χ3n) is 3.75. The van der Waals surface area contributed by atoms with E-state index in [1.165, 1.54) is 5.56 Å². The quantitative estimate of drug-likeness (QED) is 0.865. The lowest BCUT2D eigenvalue weighted by atomic mass is 9.91. The van der Waals surface area contributed by atoms with E-state index in [-0.39, 0.29) is 5.54 Å². The summed E-state index contributed by atoms with van der Waals surface area (Å²) in [5.74, 6) is 0.960. The van der Waals surface area contributed by atoms with Gasteiger partial charge in [-0.15, -0.1) is 0 Å². The topological polar surface area (TPSA) is 24.5 Å². The van der Waals surface area contributed by atoms with Crippen LogP contribution in [0.1, 0.15) is 26.3 Å². The molecule has 1 saturated heterocycles. The Hall–Kier alpha value is -1.06. The molecule has 0 unspecified atom stereocenters. The van der Waals surface area contributed by atoms with E-state index < -0.39 is 0 Å². The van der Waals surface area contributed by atoms with Gasteiger partial charge in [0.2, 0.25) is 0 Å². The second kappa shape index (κ2) is 5.29. The Morgan fingerprint density at radius 2 is 2.00 bits per heavy atom. The van der Waals surface area contributed by atoms with Gasteiger partial charge in [0.25, 0.3) is 0 Å². The molecule has 0 aromatic heterocycles. The van der Waals surface area contributed by atoms with E-state index in [0.29, 0.717) is 6.04 Å². The molecule has 1 N–H and O–H groups in total. The minimum absolute atomic E-state index is 0.0584. The Morgan fingerprint density at radius 3 is 2.61 bits per heavy atom. The third-order valence-corrected chi connectivity index (χ3v) is 3.75. The molecule has 0 bridgehead atoms. The van der Waals surface area contributed by atoms with Crippen LogP contribution in [-0.4, -0.2) is 37.7 Å². The average Bonchev–Trinajstić information content (AvgIpc) is 2.33. The zero-order valence-corrected chi connectivity index (χ0v) is 11.9. The standard InChI is InChI=1S/C15H24N2O/c1-5-17-10-12(11-17)16-15(2,3)13-8-6-7-9-14(13)18-4/h6-9,12,16H,5,10-11H2,1-4H3. The Labute approximate surface area is 110 Å². The summed E-state index contributed by atoms with van der Waals surface area (Å²) >= 11 is 0. The van der Waals surface area contributed by atoms with Crippen LogP contribution in [0, 0.1) is 0 Å². The van der Waals surface area contributed by atoms with E-state index in [9.17, 15) is 0 Å². The first-order chi connectivity index (χ1) is 8.56. The van der Waals surface area contributed by atoms with E-state index in [4.69, 9.17) is 4.74 Å². The first-order valence-electron chi connectivity index (χ1n) is 6.70. The number of hydrogen-bond donors (Lipinski definition) is 1. The number of benzene rings is 1. The first-order valence-corrected chi connectivity index (χ1v) is 6.70. The third kappa shape index (κ3) is 2.68. The Balaban J connectivity index is 2.06. The van der Waals surface area contributed by atoms with E-state index in [2.05, 4.69) is 43.1 Å². The molecule has 3 nitrogen and oxygen atoms in total. The summed E-state index contributed by atoms with van der Waals surface area (Å²) < 4.78 is 5.46. The van der Waals surface area contributed by atoms with E-state index >= 15 is 0 Å². The van der Waals surface area contributed by atoms with Crippen molar-refractivity contribution < 1.29 is 4.74 Å². The van der Waals surface area contributed by atoms with Crippen LogP contribution in [0.15, 0.2) is 24.3 Å². The van der Waals surface area contributed by atoms with Gasteiger partial charge in [-0.2, -0.15) is 0 Å². The zero-order valence-electron chi connectivity index (χ0n) is 11.9. The van der Waals surface area contributed by atoms with Gasteiger partial charge in [-0.05, 0) is 26.5 Å². The molecule has 100 valence electrons. The van der Waals surface area contributed by atoms with E-state index in [1.54, 1.807) is 7.11 Å². The number of rotatable bonds is 5. The van der Waals surface area contributed by atoms with Gasteiger partial charge in [0, 0.05) is 30.2 Å². The summed E-state index contributed by atoms with van der Waals surface area (Å²) in [5.41, 5.74) is 1.17.